The molecular formula is C22H32N4O7S. The van der Waals surface area contributed by atoms with Crippen molar-refractivity contribution in [3.63, 3.8) is 0 Å². The number of aliphatic carboxylic acids is 1. The number of thioether (sulfide) groups is 1. The molecule has 0 spiro atoms. The highest BCUT2D eigenvalue weighted by Crippen LogP contribution is 2.20. The van der Waals surface area contributed by atoms with Crippen molar-refractivity contribution in [2.75, 3.05) is 25.2 Å². The Morgan fingerprint density at radius 2 is 1.79 bits per heavy atom. The van der Waals surface area contributed by atoms with Gasteiger partial charge in [-0.25, -0.2) is 4.79 Å². The molecule has 1 saturated heterocycles. The maximum absolute atomic E-state index is 13.3. The molecule has 1 aromatic carbocycles. The van der Waals surface area contributed by atoms with Gasteiger partial charge in [-0.3, -0.25) is 14.4 Å². The number of amides is 3. The van der Waals surface area contributed by atoms with Crippen molar-refractivity contribution in [1.82, 2.24) is 15.5 Å². The van der Waals surface area contributed by atoms with Gasteiger partial charge in [0, 0.05) is 13.0 Å². The van der Waals surface area contributed by atoms with Gasteiger partial charge in [-0.05, 0) is 49.0 Å². The van der Waals surface area contributed by atoms with Crippen LogP contribution in [0.3, 0.4) is 0 Å². The summed E-state index contributed by atoms with van der Waals surface area (Å²) in [6, 6.07) is 1.86. The van der Waals surface area contributed by atoms with Gasteiger partial charge >= 0.3 is 5.97 Å². The number of aromatic hydroxyl groups is 1. The fourth-order valence-electron chi connectivity index (χ4n) is 3.69. The SMILES string of the molecule is CSCCC(NC(=O)C(N)CO)C(=O)NC(Cc1ccc(O)cc1)C(=O)N1CCCC1C(=O)O. The average Bonchev–Trinajstić information content (AvgIpc) is 3.31. The average molecular weight is 497 g/mol. The number of hydrogen-bond donors (Lipinski definition) is 6. The minimum Gasteiger partial charge on any atom is -0.508 e. The van der Waals surface area contributed by atoms with Crippen LogP contribution in [0.15, 0.2) is 24.3 Å². The second kappa shape index (κ2) is 13.2. The molecular weight excluding hydrogens is 464 g/mol. The summed E-state index contributed by atoms with van der Waals surface area (Å²) in [5.41, 5.74) is 6.20. The maximum atomic E-state index is 13.3. The number of carbonyl (C=O) groups excluding carboxylic acids is 3. The fourth-order valence-corrected chi connectivity index (χ4v) is 4.17. The van der Waals surface area contributed by atoms with Crippen LogP contribution in [0.1, 0.15) is 24.8 Å². The van der Waals surface area contributed by atoms with E-state index in [9.17, 15) is 29.4 Å². The Morgan fingerprint density at radius 3 is 2.38 bits per heavy atom. The van der Waals surface area contributed by atoms with Crippen LogP contribution in [-0.4, -0.2) is 93.2 Å². The van der Waals surface area contributed by atoms with Crippen molar-refractivity contribution >= 4 is 35.5 Å². The van der Waals surface area contributed by atoms with Crippen molar-refractivity contribution < 1.29 is 34.5 Å². The molecule has 1 fully saturated rings. The molecule has 0 bridgehead atoms. The zero-order chi connectivity index (χ0) is 25.3. The predicted octanol–water partition coefficient (Wildman–Crippen LogP) is -0.947. The van der Waals surface area contributed by atoms with E-state index in [-0.39, 0.29) is 25.1 Å². The molecule has 3 amide bonds. The molecule has 2 rings (SSSR count). The van der Waals surface area contributed by atoms with Crippen molar-refractivity contribution in [3.05, 3.63) is 29.8 Å². The van der Waals surface area contributed by atoms with Crippen LogP contribution in [0.5, 0.6) is 5.75 Å². The number of aliphatic hydroxyl groups excluding tert-OH is 1. The van der Waals surface area contributed by atoms with Gasteiger partial charge in [0.25, 0.3) is 0 Å². The third kappa shape index (κ3) is 7.61. The molecule has 188 valence electrons. The van der Waals surface area contributed by atoms with Gasteiger partial charge in [-0.15, -0.1) is 0 Å². The number of phenols is 1. The lowest BCUT2D eigenvalue weighted by atomic mass is 10.0. The summed E-state index contributed by atoms with van der Waals surface area (Å²) in [5.74, 6) is -2.37. The molecule has 4 atom stereocenters. The van der Waals surface area contributed by atoms with Gasteiger partial charge in [-0.2, -0.15) is 11.8 Å². The number of carboxylic acid groups (broad SMARTS) is 1. The lowest BCUT2D eigenvalue weighted by Crippen LogP contribution is -2.58. The molecule has 0 aromatic heterocycles. The highest BCUT2D eigenvalue weighted by Gasteiger charge is 2.38. The van der Waals surface area contributed by atoms with E-state index in [1.807, 2.05) is 6.26 Å². The van der Waals surface area contributed by atoms with Crippen molar-refractivity contribution in [1.29, 1.82) is 0 Å². The second-order valence-corrected chi connectivity index (χ2v) is 9.08. The first-order valence-electron chi connectivity index (χ1n) is 10.9. The van der Waals surface area contributed by atoms with Crippen LogP contribution in [0.4, 0.5) is 0 Å². The first kappa shape index (κ1) is 27.4. The number of nitrogens with one attached hydrogen (secondary N) is 2. The monoisotopic (exact) mass is 496 g/mol. The summed E-state index contributed by atoms with van der Waals surface area (Å²) in [4.78, 5) is 51.5. The van der Waals surface area contributed by atoms with Crippen molar-refractivity contribution in [3.8, 4) is 5.75 Å². The second-order valence-electron chi connectivity index (χ2n) is 8.09. The van der Waals surface area contributed by atoms with Crippen LogP contribution in [0, 0.1) is 0 Å². The largest absolute Gasteiger partial charge is 0.508 e. The van der Waals surface area contributed by atoms with E-state index in [0.29, 0.717) is 24.2 Å². The minimum atomic E-state index is -1.19. The van der Waals surface area contributed by atoms with E-state index < -0.39 is 54.5 Å². The normalized spacial score (nSPS) is 18.1. The summed E-state index contributed by atoms with van der Waals surface area (Å²) >= 11 is 1.47. The fraction of sp³-hybridized carbons (Fsp3) is 0.545. The van der Waals surface area contributed by atoms with Crippen molar-refractivity contribution in [2.24, 2.45) is 5.73 Å². The highest BCUT2D eigenvalue weighted by atomic mass is 32.2. The molecule has 34 heavy (non-hydrogen) atoms. The van der Waals surface area contributed by atoms with E-state index >= 15 is 0 Å². The number of nitrogens with two attached hydrogens (primary N) is 1. The number of benzene rings is 1. The summed E-state index contributed by atoms with van der Waals surface area (Å²) in [7, 11) is 0. The number of carbonyl (C=O) groups is 4. The zero-order valence-corrected chi connectivity index (χ0v) is 19.8. The van der Waals surface area contributed by atoms with Gasteiger partial charge in [0.1, 0.15) is 29.9 Å². The van der Waals surface area contributed by atoms with E-state index in [0.717, 1.165) is 0 Å². The number of rotatable bonds is 12. The summed E-state index contributed by atoms with van der Waals surface area (Å²) in [5, 5.41) is 33.3. The lowest BCUT2D eigenvalue weighted by molar-refractivity contribution is -0.149. The van der Waals surface area contributed by atoms with Gasteiger partial charge < -0.3 is 36.6 Å². The predicted molar refractivity (Wildman–Crippen MR) is 126 cm³/mol. The summed E-state index contributed by atoms with van der Waals surface area (Å²) in [6.45, 7) is -0.327. The standard InChI is InChI=1S/C22H32N4O7S/c1-34-10-8-16(24-19(29)15(23)12-27)20(30)25-17(11-13-4-6-14(28)7-5-13)21(31)26-9-2-3-18(26)22(32)33/h4-7,15-18,27-28H,2-3,8-12,23H2,1H3,(H,24,29)(H,25,30)(H,32,33). The zero-order valence-electron chi connectivity index (χ0n) is 19.0. The summed E-state index contributed by atoms with van der Waals surface area (Å²) < 4.78 is 0. The molecule has 7 N–H and O–H groups in total. The van der Waals surface area contributed by atoms with Crippen LogP contribution in [-0.2, 0) is 25.6 Å². The van der Waals surface area contributed by atoms with E-state index in [2.05, 4.69) is 10.6 Å². The topological polar surface area (TPSA) is 182 Å². The van der Waals surface area contributed by atoms with Crippen LogP contribution in [0.2, 0.25) is 0 Å². The smallest absolute Gasteiger partial charge is 0.326 e. The molecule has 4 unspecified atom stereocenters. The van der Waals surface area contributed by atoms with Gasteiger partial charge in [0.15, 0.2) is 0 Å². The Morgan fingerprint density at radius 1 is 1.15 bits per heavy atom. The van der Waals surface area contributed by atoms with Gasteiger partial charge in [0.05, 0.1) is 6.61 Å². The number of nitrogens with zero attached hydrogens (tertiary/aromatic N) is 1. The number of carboxylic acids is 1. The van der Waals surface area contributed by atoms with E-state index in [1.165, 1.54) is 28.8 Å². The Hall–Kier alpha value is -2.83. The summed E-state index contributed by atoms with van der Waals surface area (Å²) in [6.07, 6.45) is 3.03. The number of phenolic OH excluding ortho intramolecular Hbond substituents is 1. The Kier molecular flexibility index (Phi) is 10.6. The first-order chi connectivity index (χ1) is 16.2. The highest BCUT2D eigenvalue weighted by molar-refractivity contribution is 7.98. The molecule has 1 aliphatic rings. The van der Waals surface area contributed by atoms with Gasteiger partial charge in [-0.1, -0.05) is 12.1 Å². The van der Waals surface area contributed by atoms with Crippen LogP contribution in [0.25, 0.3) is 0 Å². The number of aliphatic hydroxyl groups is 1. The molecule has 11 nitrogen and oxygen atoms in total. The van der Waals surface area contributed by atoms with Crippen LogP contribution >= 0.6 is 11.8 Å². The molecule has 1 aliphatic heterocycles. The first-order valence-corrected chi connectivity index (χ1v) is 12.3. The Labute approximate surface area is 202 Å². The third-order valence-corrected chi connectivity index (χ3v) is 6.23. The molecule has 0 aliphatic carbocycles. The van der Waals surface area contributed by atoms with Gasteiger partial charge in [0.2, 0.25) is 17.7 Å². The minimum absolute atomic E-state index is 0.0428. The Balaban J connectivity index is 2.25. The van der Waals surface area contributed by atoms with E-state index in [1.54, 1.807) is 12.1 Å². The maximum Gasteiger partial charge on any atom is 0.326 e. The molecule has 12 heteroatoms. The lowest BCUT2D eigenvalue weighted by Gasteiger charge is -2.29. The van der Waals surface area contributed by atoms with E-state index in [4.69, 9.17) is 10.8 Å². The van der Waals surface area contributed by atoms with Crippen molar-refractivity contribution in [2.45, 2.75) is 49.9 Å². The molecule has 1 heterocycles. The molecule has 1 aromatic rings. The molecule has 0 radical (unpaired) electrons. The number of hydrogen-bond acceptors (Lipinski definition) is 8. The quantitative estimate of drug-likeness (QED) is 0.212. The third-order valence-electron chi connectivity index (χ3n) is 5.59. The van der Waals surface area contributed by atoms with Crippen LogP contribution < -0.4 is 16.4 Å². The molecule has 0 saturated carbocycles. The Bertz CT molecular complexity index is 867. The number of likely N-dealkylation sites (tertiary alicyclic amines) is 1.